The SMILES string of the molecule is CC/C=C\CCCCOC(CC(CCCCCCBr)C(=O)O)OCCCC/C=C\CC. The van der Waals surface area contributed by atoms with Gasteiger partial charge >= 0.3 is 5.97 Å². The number of carbonyl (C=O) groups is 1. The highest BCUT2D eigenvalue weighted by Gasteiger charge is 2.23. The van der Waals surface area contributed by atoms with Crippen LogP contribution in [-0.4, -0.2) is 35.9 Å². The van der Waals surface area contributed by atoms with E-state index in [1.54, 1.807) is 0 Å². The number of unbranched alkanes of at least 4 members (excludes halogenated alkanes) is 7. The average molecular weight is 504 g/mol. The van der Waals surface area contributed by atoms with E-state index in [4.69, 9.17) is 9.47 Å². The summed E-state index contributed by atoms with van der Waals surface area (Å²) in [4.78, 5) is 11.8. The quantitative estimate of drug-likeness (QED) is 0.0663. The van der Waals surface area contributed by atoms with Gasteiger partial charge in [-0.3, -0.25) is 4.79 Å². The van der Waals surface area contributed by atoms with E-state index in [1.165, 1.54) is 0 Å². The molecule has 0 fully saturated rings. The van der Waals surface area contributed by atoms with Crippen molar-refractivity contribution in [2.75, 3.05) is 18.5 Å². The van der Waals surface area contributed by atoms with Crippen molar-refractivity contribution in [3.63, 3.8) is 0 Å². The third kappa shape index (κ3) is 21.0. The zero-order chi connectivity index (χ0) is 23.0. The van der Waals surface area contributed by atoms with E-state index < -0.39 is 18.2 Å². The Bertz CT molecular complexity index is 427. The fourth-order valence-corrected chi connectivity index (χ4v) is 3.72. The second-order valence-electron chi connectivity index (χ2n) is 8.08. The number of carboxylic acid groups (broad SMARTS) is 1. The highest BCUT2D eigenvalue weighted by Crippen LogP contribution is 2.20. The Morgan fingerprint density at radius 2 is 1.35 bits per heavy atom. The maximum atomic E-state index is 11.8. The van der Waals surface area contributed by atoms with E-state index in [2.05, 4.69) is 54.1 Å². The van der Waals surface area contributed by atoms with E-state index in [0.717, 1.165) is 82.4 Å². The number of halogens is 1. The molecule has 0 aromatic heterocycles. The Morgan fingerprint density at radius 3 is 1.84 bits per heavy atom. The minimum Gasteiger partial charge on any atom is -0.481 e. The number of carboxylic acids is 1. The number of hydrogen-bond acceptors (Lipinski definition) is 3. The van der Waals surface area contributed by atoms with Gasteiger partial charge in [0.15, 0.2) is 6.29 Å². The van der Waals surface area contributed by atoms with Crippen LogP contribution in [0.5, 0.6) is 0 Å². The molecule has 0 aromatic carbocycles. The van der Waals surface area contributed by atoms with Gasteiger partial charge in [-0.05, 0) is 64.2 Å². The maximum absolute atomic E-state index is 11.8. The van der Waals surface area contributed by atoms with Crippen molar-refractivity contribution >= 4 is 21.9 Å². The van der Waals surface area contributed by atoms with Crippen molar-refractivity contribution in [2.24, 2.45) is 5.92 Å². The molecular weight excluding hydrogens is 456 g/mol. The Hall–Kier alpha value is -0.650. The van der Waals surface area contributed by atoms with Crippen molar-refractivity contribution in [2.45, 2.75) is 110 Å². The van der Waals surface area contributed by atoms with Crippen molar-refractivity contribution < 1.29 is 19.4 Å². The van der Waals surface area contributed by atoms with E-state index >= 15 is 0 Å². The first-order valence-corrected chi connectivity index (χ1v) is 13.6. The molecule has 1 atom stereocenters. The second kappa shape index (κ2) is 24.0. The van der Waals surface area contributed by atoms with Crippen LogP contribution in [0.1, 0.15) is 104 Å². The number of aliphatic carboxylic acids is 1. The van der Waals surface area contributed by atoms with E-state index in [1.807, 2.05) is 0 Å². The van der Waals surface area contributed by atoms with Gasteiger partial charge in [-0.25, -0.2) is 0 Å². The van der Waals surface area contributed by atoms with Gasteiger partial charge in [-0.2, -0.15) is 0 Å². The minimum atomic E-state index is -0.730. The lowest BCUT2D eigenvalue weighted by Gasteiger charge is -2.22. The zero-order valence-electron chi connectivity index (χ0n) is 20.0. The minimum absolute atomic E-state index is 0.394. The van der Waals surface area contributed by atoms with Gasteiger partial charge in [-0.15, -0.1) is 0 Å². The number of allylic oxidation sites excluding steroid dienone is 4. The van der Waals surface area contributed by atoms with Crippen LogP contribution in [0.3, 0.4) is 0 Å². The monoisotopic (exact) mass is 502 g/mol. The van der Waals surface area contributed by atoms with Crippen LogP contribution in [0, 0.1) is 5.92 Å². The lowest BCUT2D eigenvalue weighted by Crippen LogP contribution is -2.26. The first-order chi connectivity index (χ1) is 15.2. The Balaban J connectivity index is 4.42. The molecule has 0 aromatic rings. The van der Waals surface area contributed by atoms with Gasteiger partial charge in [0.05, 0.1) is 5.92 Å². The molecule has 0 amide bonds. The molecule has 0 saturated carbocycles. The third-order valence-corrected chi connectivity index (χ3v) is 5.77. The molecule has 0 bridgehead atoms. The van der Waals surface area contributed by atoms with Crippen LogP contribution in [-0.2, 0) is 14.3 Å². The lowest BCUT2D eigenvalue weighted by atomic mass is 9.97. The number of ether oxygens (including phenoxy) is 2. The zero-order valence-corrected chi connectivity index (χ0v) is 21.6. The summed E-state index contributed by atoms with van der Waals surface area (Å²) in [5.74, 6) is -1.12. The molecule has 0 saturated heterocycles. The van der Waals surface area contributed by atoms with Gasteiger partial charge in [0.2, 0.25) is 0 Å². The predicted octanol–water partition coefficient (Wildman–Crippen LogP) is 8.06. The Kier molecular flexibility index (Phi) is 23.5. The van der Waals surface area contributed by atoms with E-state index in [0.29, 0.717) is 26.1 Å². The molecule has 0 radical (unpaired) electrons. The highest BCUT2D eigenvalue weighted by molar-refractivity contribution is 9.09. The van der Waals surface area contributed by atoms with Gasteiger partial charge < -0.3 is 14.6 Å². The van der Waals surface area contributed by atoms with Crippen LogP contribution in [0.2, 0.25) is 0 Å². The molecule has 1 N–H and O–H groups in total. The summed E-state index contributed by atoms with van der Waals surface area (Å²) >= 11 is 3.45. The summed E-state index contributed by atoms with van der Waals surface area (Å²) in [5, 5.41) is 10.7. The second-order valence-corrected chi connectivity index (χ2v) is 8.88. The first kappa shape index (κ1) is 30.4. The van der Waals surface area contributed by atoms with E-state index in [-0.39, 0.29) is 0 Å². The molecule has 0 aliphatic heterocycles. The molecule has 31 heavy (non-hydrogen) atoms. The van der Waals surface area contributed by atoms with Crippen LogP contribution >= 0.6 is 15.9 Å². The molecule has 4 nitrogen and oxygen atoms in total. The summed E-state index contributed by atoms with van der Waals surface area (Å²) in [7, 11) is 0. The van der Waals surface area contributed by atoms with Gasteiger partial charge in [0.1, 0.15) is 0 Å². The summed E-state index contributed by atoms with van der Waals surface area (Å²) < 4.78 is 12.0. The fourth-order valence-electron chi connectivity index (χ4n) is 3.32. The van der Waals surface area contributed by atoms with Gasteiger partial charge in [-0.1, -0.05) is 73.3 Å². The topological polar surface area (TPSA) is 55.8 Å². The molecule has 5 heteroatoms. The summed E-state index contributed by atoms with van der Waals surface area (Å²) in [6, 6.07) is 0. The Morgan fingerprint density at radius 1 is 0.806 bits per heavy atom. The molecule has 0 aliphatic carbocycles. The summed E-state index contributed by atoms with van der Waals surface area (Å²) in [6.45, 7) is 5.54. The number of alkyl halides is 1. The van der Waals surface area contributed by atoms with Crippen LogP contribution in [0.4, 0.5) is 0 Å². The van der Waals surface area contributed by atoms with Crippen LogP contribution in [0.25, 0.3) is 0 Å². The highest BCUT2D eigenvalue weighted by atomic mass is 79.9. The first-order valence-electron chi connectivity index (χ1n) is 12.5. The molecule has 0 aliphatic rings. The number of rotatable bonds is 23. The van der Waals surface area contributed by atoms with Crippen molar-refractivity contribution in [1.29, 1.82) is 0 Å². The third-order valence-electron chi connectivity index (χ3n) is 5.20. The average Bonchev–Trinajstić information content (AvgIpc) is 2.76. The predicted molar refractivity (Wildman–Crippen MR) is 135 cm³/mol. The van der Waals surface area contributed by atoms with Crippen LogP contribution < -0.4 is 0 Å². The smallest absolute Gasteiger partial charge is 0.306 e. The summed E-state index contributed by atoms with van der Waals surface area (Å²) in [6.07, 6.45) is 22.3. The molecule has 0 rings (SSSR count). The lowest BCUT2D eigenvalue weighted by molar-refractivity contribution is -0.165. The fraction of sp³-hybridized carbons (Fsp3) is 0.808. The van der Waals surface area contributed by atoms with Crippen molar-refractivity contribution in [1.82, 2.24) is 0 Å². The summed E-state index contributed by atoms with van der Waals surface area (Å²) in [5.41, 5.74) is 0. The molecular formula is C26H47BrO4. The molecule has 0 heterocycles. The molecule has 1 unspecified atom stereocenters. The Labute approximate surface area is 200 Å². The van der Waals surface area contributed by atoms with Crippen molar-refractivity contribution in [3.8, 4) is 0 Å². The molecule has 182 valence electrons. The number of hydrogen-bond donors (Lipinski definition) is 1. The maximum Gasteiger partial charge on any atom is 0.306 e. The molecule has 0 spiro atoms. The van der Waals surface area contributed by atoms with Gasteiger partial charge in [0, 0.05) is 25.0 Å². The van der Waals surface area contributed by atoms with Gasteiger partial charge in [0.25, 0.3) is 0 Å². The largest absolute Gasteiger partial charge is 0.481 e. The van der Waals surface area contributed by atoms with Crippen molar-refractivity contribution in [3.05, 3.63) is 24.3 Å². The van der Waals surface area contributed by atoms with Crippen LogP contribution in [0.15, 0.2) is 24.3 Å². The standard InChI is InChI=1S/C26H47BrO4/c1-3-5-7-9-13-17-21-30-25(31-22-18-14-10-8-6-4-2)23-24(26(28)29)19-15-11-12-16-20-27/h5-8,24-25H,3-4,9-23H2,1-2H3,(H,28,29)/b7-5-,8-6-. The van der Waals surface area contributed by atoms with E-state index in [9.17, 15) is 9.90 Å². The normalized spacial score (nSPS) is 13.0.